The van der Waals surface area contributed by atoms with Crippen LogP contribution in [0.2, 0.25) is 0 Å². The summed E-state index contributed by atoms with van der Waals surface area (Å²) in [6.07, 6.45) is 14.9. The van der Waals surface area contributed by atoms with E-state index in [-0.39, 0.29) is 5.41 Å². The standard InChI is InChI=1S/C32H38B4/c1-6-7-12-21-17-20-13-9-8-10-15-23(20)25(21)18-22-14-11-16-24(27(22)32(3,4)5)26-19(2)28(33)30(35)31(36)29(26)34/h6-8,11-12,14-16H,1,9,13,17-18,33-36H2,2-5H3/b12-7-. The van der Waals surface area contributed by atoms with Gasteiger partial charge in [0.2, 0.25) is 0 Å². The van der Waals surface area contributed by atoms with Crippen molar-refractivity contribution in [1.29, 1.82) is 0 Å². The van der Waals surface area contributed by atoms with E-state index in [1.807, 2.05) is 6.08 Å². The minimum atomic E-state index is 0.0180. The second-order valence-corrected chi connectivity index (χ2v) is 11.6. The summed E-state index contributed by atoms with van der Waals surface area (Å²) in [4.78, 5) is 0. The van der Waals surface area contributed by atoms with E-state index in [2.05, 4.69) is 114 Å². The lowest BCUT2D eigenvalue weighted by atomic mass is 9.62. The maximum absolute atomic E-state index is 3.92. The first-order chi connectivity index (χ1) is 17.1. The van der Waals surface area contributed by atoms with Crippen LogP contribution in [-0.2, 0) is 11.8 Å². The van der Waals surface area contributed by atoms with E-state index in [1.165, 1.54) is 66.4 Å². The number of hydrogen-bond donors (Lipinski definition) is 0. The van der Waals surface area contributed by atoms with E-state index in [1.54, 1.807) is 5.57 Å². The Labute approximate surface area is 222 Å². The van der Waals surface area contributed by atoms with Crippen LogP contribution >= 0.6 is 0 Å². The SMILES string of the molecule is Bc1c(B)c(B)c(-c2cccc(CC3=C(/C=C\C=C)CC4=C3C=C=CCC4)c2C(C)(C)C)c(C)c1B. The molecule has 2 aromatic rings. The van der Waals surface area contributed by atoms with Gasteiger partial charge < -0.3 is 0 Å². The molecule has 4 rings (SSSR count). The molecule has 0 saturated heterocycles. The van der Waals surface area contributed by atoms with Gasteiger partial charge in [-0.25, -0.2) is 0 Å². The van der Waals surface area contributed by atoms with Crippen LogP contribution in [0.25, 0.3) is 11.1 Å². The van der Waals surface area contributed by atoms with Gasteiger partial charge >= 0.3 is 0 Å². The Hall–Kier alpha value is -2.82. The van der Waals surface area contributed by atoms with Gasteiger partial charge in [0.15, 0.2) is 0 Å². The van der Waals surface area contributed by atoms with E-state index in [4.69, 9.17) is 0 Å². The molecule has 0 aliphatic heterocycles. The summed E-state index contributed by atoms with van der Waals surface area (Å²) in [5.74, 6) is 0. The summed E-state index contributed by atoms with van der Waals surface area (Å²) < 4.78 is 0. The zero-order chi connectivity index (χ0) is 26.2. The highest BCUT2D eigenvalue weighted by Gasteiger charge is 2.28. The molecular weight excluding hydrogens is 428 g/mol. The molecule has 0 heterocycles. The molecule has 4 heteroatoms. The zero-order valence-electron chi connectivity index (χ0n) is 23.7. The van der Waals surface area contributed by atoms with Crippen LogP contribution in [0.5, 0.6) is 0 Å². The Bertz CT molecular complexity index is 1370. The average Bonchev–Trinajstić information content (AvgIpc) is 2.99. The molecule has 0 unspecified atom stereocenters. The van der Waals surface area contributed by atoms with Gasteiger partial charge in [-0.15, -0.1) is 16.7 Å². The molecule has 0 saturated carbocycles. The normalized spacial score (nSPS) is 15.7. The van der Waals surface area contributed by atoms with Gasteiger partial charge in [-0.2, -0.15) is 0 Å². The predicted molar refractivity (Wildman–Crippen MR) is 172 cm³/mol. The van der Waals surface area contributed by atoms with Crippen LogP contribution in [0.15, 0.2) is 83.2 Å². The molecule has 0 fully saturated rings. The molecule has 0 radical (unpaired) electrons. The van der Waals surface area contributed by atoms with E-state index in [0.717, 1.165) is 25.7 Å². The Morgan fingerprint density at radius 3 is 2.44 bits per heavy atom. The smallest absolute Gasteiger partial charge is 0.125 e. The third kappa shape index (κ3) is 4.77. The van der Waals surface area contributed by atoms with Gasteiger partial charge in [0.25, 0.3) is 0 Å². The highest BCUT2D eigenvalue weighted by molar-refractivity contribution is 6.64. The summed E-state index contributed by atoms with van der Waals surface area (Å²) in [5, 5.41) is 0. The fraction of sp³-hybridized carbons (Fsp3) is 0.281. The second kappa shape index (κ2) is 10.3. The van der Waals surface area contributed by atoms with Crippen LogP contribution in [-0.4, -0.2) is 31.4 Å². The van der Waals surface area contributed by atoms with Crippen molar-refractivity contribution in [3.05, 3.63) is 99.9 Å². The van der Waals surface area contributed by atoms with Gasteiger partial charge in [-0.05, 0) is 89.1 Å². The molecule has 0 aromatic heterocycles. The molecule has 178 valence electrons. The summed E-state index contributed by atoms with van der Waals surface area (Å²) >= 11 is 0. The second-order valence-electron chi connectivity index (χ2n) is 11.6. The first-order valence-electron chi connectivity index (χ1n) is 13.4. The molecule has 0 atom stereocenters. The Morgan fingerprint density at radius 1 is 1.03 bits per heavy atom. The molecule has 0 spiro atoms. The first-order valence-corrected chi connectivity index (χ1v) is 13.4. The van der Waals surface area contributed by atoms with Crippen molar-refractivity contribution in [3.63, 3.8) is 0 Å². The summed E-state index contributed by atoms with van der Waals surface area (Å²) in [5.41, 5.74) is 22.1. The molecule has 2 aliphatic carbocycles. The van der Waals surface area contributed by atoms with Crippen molar-refractivity contribution in [3.8, 4) is 11.1 Å². The first kappa shape index (κ1) is 26.2. The molecule has 0 amide bonds. The van der Waals surface area contributed by atoms with Crippen LogP contribution < -0.4 is 21.9 Å². The summed E-state index contributed by atoms with van der Waals surface area (Å²) in [6, 6.07) is 6.99. The van der Waals surface area contributed by atoms with Gasteiger partial charge in [-0.1, -0.05) is 85.8 Å². The fourth-order valence-corrected chi connectivity index (χ4v) is 6.19. The number of allylic oxidation sites excluding steroid dienone is 8. The number of hydrogen-bond acceptors (Lipinski definition) is 0. The van der Waals surface area contributed by atoms with Crippen molar-refractivity contribution >= 4 is 53.2 Å². The monoisotopic (exact) mass is 466 g/mol. The average molecular weight is 466 g/mol. The molecule has 36 heavy (non-hydrogen) atoms. The van der Waals surface area contributed by atoms with E-state index in [0.29, 0.717) is 0 Å². The largest absolute Gasteiger partial charge is 0.139 e. The minimum absolute atomic E-state index is 0.0180. The molecule has 2 aromatic carbocycles. The highest BCUT2D eigenvalue weighted by Crippen LogP contribution is 2.42. The third-order valence-electron chi connectivity index (χ3n) is 8.40. The van der Waals surface area contributed by atoms with Crippen LogP contribution in [0, 0.1) is 6.92 Å². The third-order valence-corrected chi connectivity index (χ3v) is 8.40. The Morgan fingerprint density at radius 2 is 1.75 bits per heavy atom. The van der Waals surface area contributed by atoms with Crippen LogP contribution in [0.4, 0.5) is 0 Å². The Balaban J connectivity index is 1.96. The van der Waals surface area contributed by atoms with Crippen molar-refractivity contribution in [2.45, 2.75) is 58.8 Å². The maximum Gasteiger partial charge on any atom is 0.139 e. The van der Waals surface area contributed by atoms with Gasteiger partial charge in [0.1, 0.15) is 31.4 Å². The van der Waals surface area contributed by atoms with Gasteiger partial charge in [0, 0.05) is 0 Å². The number of rotatable bonds is 5. The Kier molecular flexibility index (Phi) is 7.49. The van der Waals surface area contributed by atoms with Crippen molar-refractivity contribution < 1.29 is 0 Å². The van der Waals surface area contributed by atoms with Gasteiger partial charge in [0.05, 0.1) is 0 Å². The van der Waals surface area contributed by atoms with E-state index in [9.17, 15) is 0 Å². The summed E-state index contributed by atoms with van der Waals surface area (Å²) in [7, 11) is 9.13. The van der Waals surface area contributed by atoms with Crippen molar-refractivity contribution in [1.82, 2.24) is 0 Å². The quantitative estimate of drug-likeness (QED) is 0.359. The maximum atomic E-state index is 3.92. The lowest BCUT2D eigenvalue weighted by Crippen LogP contribution is -2.49. The number of benzene rings is 2. The van der Waals surface area contributed by atoms with Crippen molar-refractivity contribution in [2.75, 3.05) is 0 Å². The van der Waals surface area contributed by atoms with E-state index < -0.39 is 0 Å². The molecule has 0 nitrogen and oxygen atoms in total. The fourth-order valence-electron chi connectivity index (χ4n) is 6.19. The molecular formula is C32H38B4. The van der Waals surface area contributed by atoms with Crippen LogP contribution in [0.3, 0.4) is 0 Å². The van der Waals surface area contributed by atoms with E-state index >= 15 is 0 Å². The summed E-state index contributed by atoms with van der Waals surface area (Å²) in [6.45, 7) is 13.3. The zero-order valence-corrected chi connectivity index (χ0v) is 23.7. The highest BCUT2D eigenvalue weighted by atomic mass is 14.3. The molecule has 2 aliphatic rings. The molecule has 0 N–H and O–H groups in total. The topological polar surface area (TPSA) is 0 Å². The minimum Gasteiger partial charge on any atom is -0.125 e. The van der Waals surface area contributed by atoms with Gasteiger partial charge in [-0.3, -0.25) is 0 Å². The van der Waals surface area contributed by atoms with Crippen LogP contribution in [0.1, 0.15) is 56.7 Å². The lowest BCUT2D eigenvalue weighted by molar-refractivity contribution is 0.586. The molecule has 0 bridgehead atoms. The predicted octanol–water partition coefficient (Wildman–Crippen LogP) is 1.78. The lowest BCUT2D eigenvalue weighted by Gasteiger charge is -2.30. The van der Waals surface area contributed by atoms with Crippen molar-refractivity contribution in [2.24, 2.45) is 0 Å².